The summed E-state index contributed by atoms with van der Waals surface area (Å²) in [6, 6.07) is 2.76. The lowest BCUT2D eigenvalue weighted by atomic mass is 10.1. The van der Waals surface area contributed by atoms with Crippen LogP contribution in [0.25, 0.3) is 0 Å². The number of halogens is 1. The first-order chi connectivity index (χ1) is 5.75. The number of hydrogen-bond acceptors (Lipinski definition) is 2. The summed E-state index contributed by atoms with van der Waals surface area (Å²) >= 11 is 7.64. The Bertz CT molecular complexity index is 271. The summed E-state index contributed by atoms with van der Waals surface area (Å²) in [5.74, 6) is 0.692. The van der Waals surface area contributed by atoms with Gasteiger partial charge in [0, 0.05) is 28.8 Å². The second-order valence-corrected chi connectivity index (χ2v) is 4.79. The van der Waals surface area contributed by atoms with Crippen LogP contribution < -0.4 is 5.32 Å². The SMILES string of the molecule is CC1CC(c2cc(Cl)cs2)CN1. The summed E-state index contributed by atoms with van der Waals surface area (Å²) in [5.41, 5.74) is 0. The van der Waals surface area contributed by atoms with E-state index in [1.807, 2.05) is 5.38 Å². The molecule has 2 rings (SSSR count). The lowest BCUT2D eigenvalue weighted by Gasteiger charge is -2.03. The van der Waals surface area contributed by atoms with Crippen molar-refractivity contribution in [2.24, 2.45) is 0 Å². The maximum absolute atomic E-state index is 5.87. The predicted octanol–water partition coefficient (Wildman–Crippen LogP) is 2.87. The van der Waals surface area contributed by atoms with Gasteiger partial charge in [-0.2, -0.15) is 0 Å². The van der Waals surface area contributed by atoms with E-state index >= 15 is 0 Å². The molecule has 1 N–H and O–H groups in total. The van der Waals surface area contributed by atoms with Crippen LogP contribution in [0.15, 0.2) is 11.4 Å². The van der Waals surface area contributed by atoms with Crippen LogP contribution in [0.5, 0.6) is 0 Å². The van der Waals surface area contributed by atoms with Crippen molar-refractivity contribution in [2.75, 3.05) is 6.54 Å². The van der Waals surface area contributed by atoms with E-state index in [2.05, 4.69) is 18.3 Å². The topological polar surface area (TPSA) is 12.0 Å². The summed E-state index contributed by atoms with van der Waals surface area (Å²) in [5, 5.41) is 6.34. The van der Waals surface area contributed by atoms with Crippen molar-refractivity contribution in [2.45, 2.75) is 25.3 Å². The fourth-order valence-corrected chi connectivity index (χ4v) is 2.90. The van der Waals surface area contributed by atoms with E-state index in [0.29, 0.717) is 12.0 Å². The van der Waals surface area contributed by atoms with Gasteiger partial charge in [0.05, 0.1) is 5.02 Å². The van der Waals surface area contributed by atoms with Crippen molar-refractivity contribution in [1.82, 2.24) is 5.32 Å². The second-order valence-electron chi connectivity index (χ2n) is 3.41. The molecule has 0 bridgehead atoms. The number of thiophene rings is 1. The number of nitrogens with one attached hydrogen (secondary N) is 1. The van der Waals surface area contributed by atoms with Crippen molar-refractivity contribution in [3.63, 3.8) is 0 Å². The Labute approximate surface area is 81.7 Å². The molecule has 3 heteroatoms. The van der Waals surface area contributed by atoms with Crippen molar-refractivity contribution in [3.05, 3.63) is 21.3 Å². The van der Waals surface area contributed by atoms with E-state index in [9.17, 15) is 0 Å². The Morgan fingerprint density at radius 1 is 1.67 bits per heavy atom. The van der Waals surface area contributed by atoms with E-state index in [-0.39, 0.29) is 0 Å². The summed E-state index contributed by atoms with van der Waals surface area (Å²) in [6.07, 6.45) is 1.25. The first kappa shape index (κ1) is 8.54. The van der Waals surface area contributed by atoms with Crippen LogP contribution in [0, 0.1) is 0 Å². The molecule has 66 valence electrons. The van der Waals surface area contributed by atoms with Crippen molar-refractivity contribution in [3.8, 4) is 0 Å². The van der Waals surface area contributed by atoms with Crippen LogP contribution >= 0.6 is 22.9 Å². The molecule has 2 atom stereocenters. The monoisotopic (exact) mass is 201 g/mol. The highest BCUT2D eigenvalue weighted by molar-refractivity contribution is 7.10. The molecular formula is C9H12ClNS. The number of hydrogen-bond donors (Lipinski definition) is 1. The van der Waals surface area contributed by atoms with E-state index < -0.39 is 0 Å². The van der Waals surface area contributed by atoms with E-state index in [1.165, 1.54) is 11.3 Å². The van der Waals surface area contributed by atoms with Gasteiger partial charge < -0.3 is 5.32 Å². The molecule has 1 aliphatic heterocycles. The largest absolute Gasteiger partial charge is 0.314 e. The van der Waals surface area contributed by atoms with Gasteiger partial charge in [0.1, 0.15) is 0 Å². The molecule has 1 aliphatic rings. The van der Waals surface area contributed by atoms with E-state index in [0.717, 1.165) is 11.6 Å². The Hall–Kier alpha value is -0.0500. The Kier molecular flexibility index (Phi) is 2.40. The van der Waals surface area contributed by atoms with Crippen molar-refractivity contribution in [1.29, 1.82) is 0 Å². The summed E-state index contributed by atoms with van der Waals surface area (Å²) in [6.45, 7) is 3.34. The first-order valence-electron chi connectivity index (χ1n) is 4.23. The minimum atomic E-state index is 0.663. The highest BCUT2D eigenvalue weighted by atomic mass is 35.5. The standard InChI is InChI=1S/C9H12ClNS/c1-6-2-7(4-11-6)9-3-8(10)5-12-9/h3,5-7,11H,2,4H2,1H3. The average molecular weight is 202 g/mol. The van der Waals surface area contributed by atoms with Crippen LogP contribution in [0.1, 0.15) is 24.1 Å². The lowest BCUT2D eigenvalue weighted by molar-refractivity contribution is 0.659. The Balaban J connectivity index is 2.11. The van der Waals surface area contributed by atoms with Crippen molar-refractivity contribution >= 4 is 22.9 Å². The summed E-state index contributed by atoms with van der Waals surface area (Å²) in [7, 11) is 0. The van der Waals surface area contributed by atoms with Gasteiger partial charge in [-0.05, 0) is 19.4 Å². The molecule has 1 fully saturated rings. The van der Waals surface area contributed by atoms with Gasteiger partial charge in [-0.3, -0.25) is 0 Å². The zero-order valence-corrected chi connectivity index (χ0v) is 8.58. The quantitative estimate of drug-likeness (QED) is 0.737. The third-order valence-corrected chi connectivity index (χ3v) is 3.78. The lowest BCUT2D eigenvalue weighted by Crippen LogP contribution is -2.16. The number of rotatable bonds is 1. The second kappa shape index (κ2) is 3.36. The van der Waals surface area contributed by atoms with Gasteiger partial charge in [-0.1, -0.05) is 11.6 Å². The van der Waals surface area contributed by atoms with Crippen LogP contribution in [-0.2, 0) is 0 Å². The smallest absolute Gasteiger partial charge is 0.0515 e. The van der Waals surface area contributed by atoms with Gasteiger partial charge in [0.15, 0.2) is 0 Å². The first-order valence-corrected chi connectivity index (χ1v) is 5.49. The predicted molar refractivity (Wildman–Crippen MR) is 54.2 cm³/mol. The molecule has 0 radical (unpaired) electrons. The molecule has 0 spiro atoms. The third-order valence-electron chi connectivity index (χ3n) is 2.34. The zero-order chi connectivity index (χ0) is 8.55. The highest BCUT2D eigenvalue weighted by Crippen LogP contribution is 2.31. The van der Waals surface area contributed by atoms with Crippen LogP contribution in [0.4, 0.5) is 0 Å². The molecule has 1 nitrogen and oxygen atoms in total. The Morgan fingerprint density at radius 2 is 2.50 bits per heavy atom. The van der Waals surface area contributed by atoms with E-state index in [1.54, 1.807) is 11.3 Å². The molecule has 2 unspecified atom stereocenters. The van der Waals surface area contributed by atoms with Crippen LogP contribution in [0.3, 0.4) is 0 Å². The van der Waals surface area contributed by atoms with Crippen LogP contribution in [-0.4, -0.2) is 12.6 Å². The molecular weight excluding hydrogens is 190 g/mol. The molecule has 2 heterocycles. The van der Waals surface area contributed by atoms with Crippen molar-refractivity contribution < 1.29 is 0 Å². The fourth-order valence-electron chi connectivity index (χ4n) is 1.70. The van der Waals surface area contributed by atoms with Gasteiger partial charge in [-0.15, -0.1) is 11.3 Å². The normalized spacial score (nSPS) is 29.5. The molecule has 0 saturated carbocycles. The fraction of sp³-hybridized carbons (Fsp3) is 0.556. The molecule has 0 amide bonds. The third kappa shape index (κ3) is 1.65. The maximum atomic E-state index is 5.87. The molecule has 1 aromatic rings. The van der Waals surface area contributed by atoms with Gasteiger partial charge >= 0.3 is 0 Å². The van der Waals surface area contributed by atoms with E-state index in [4.69, 9.17) is 11.6 Å². The molecule has 1 aromatic heterocycles. The maximum Gasteiger partial charge on any atom is 0.0515 e. The summed E-state index contributed by atoms with van der Waals surface area (Å²) < 4.78 is 0. The minimum Gasteiger partial charge on any atom is -0.314 e. The van der Waals surface area contributed by atoms with Gasteiger partial charge in [0.2, 0.25) is 0 Å². The molecule has 0 aromatic carbocycles. The van der Waals surface area contributed by atoms with Gasteiger partial charge in [0.25, 0.3) is 0 Å². The molecule has 12 heavy (non-hydrogen) atoms. The highest BCUT2D eigenvalue weighted by Gasteiger charge is 2.22. The Morgan fingerprint density at radius 3 is 3.00 bits per heavy atom. The zero-order valence-electron chi connectivity index (χ0n) is 7.01. The minimum absolute atomic E-state index is 0.663. The van der Waals surface area contributed by atoms with Crippen LogP contribution in [0.2, 0.25) is 5.02 Å². The van der Waals surface area contributed by atoms with Gasteiger partial charge in [-0.25, -0.2) is 0 Å². The molecule has 0 aliphatic carbocycles. The summed E-state index contributed by atoms with van der Waals surface area (Å²) in [4.78, 5) is 1.43. The average Bonchev–Trinajstić information content (AvgIpc) is 2.58. The molecule has 1 saturated heterocycles.